The molecule has 1 unspecified atom stereocenters. The molecule has 3 heteroatoms. The van der Waals surface area contributed by atoms with Crippen LogP contribution in [0.3, 0.4) is 0 Å². The first-order valence-electron chi connectivity index (χ1n) is 6.56. The Balaban J connectivity index is 2.06. The molecule has 2 rings (SSSR count). The summed E-state index contributed by atoms with van der Waals surface area (Å²) < 4.78 is 17.3. The summed E-state index contributed by atoms with van der Waals surface area (Å²) in [6.07, 6.45) is 1.33. The van der Waals surface area contributed by atoms with Crippen molar-refractivity contribution in [2.75, 3.05) is 7.11 Å². The van der Waals surface area contributed by atoms with E-state index in [2.05, 4.69) is 32.6 Å². The van der Waals surface area contributed by atoms with E-state index in [1.807, 2.05) is 18.2 Å². The summed E-state index contributed by atoms with van der Waals surface area (Å²) >= 11 is 0. The lowest BCUT2D eigenvalue weighted by atomic mass is 9.85. The fourth-order valence-electron chi connectivity index (χ4n) is 2.56. The van der Waals surface area contributed by atoms with Crippen LogP contribution < -0.4 is 0 Å². The average molecular weight is 262 g/mol. The molecule has 0 radical (unpaired) electrons. The quantitative estimate of drug-likeness (QED) is 0.763. The number of rotatable bonds is 5. The van der Waals surface area contributed by atoms with Crippen molar-refractivity contribution in [3.05, 3.63) is 48.6 Å². The molecule has 1 heterocycles. The van der Waals surface area contributed by atoms with Crippen molar-refractivity contribution in [2.45, 2.75) is 39.0 Å². The Bertz CT molecular complexity index is 413. The molecule has 1 fully saturated rings. The summed E-state index contributed by atoms with van der Waals surface area (Å²) in [6, 6.07) is 10.1. The van der Waals surface area contributed by atoms with Crippen molar-refractivity contribution in [1.82, 2.24) is 0 Å². The molecule has 1 aromatic rings. The van der Waals surface area contributed by atoms with E-state index in [4.69, 9.17) is 14.2 Å². The summed E-state index contributed by atoms with van der Waals surface area (Å²) in [5.74, 6) is 0. The summed E-state index contributed by atoms with van der Waals surface area (Å²) in [6.45, 7) is 8.59. The van der Waals surface area contributed by atoms with Gasteiger partial charge in [0.25, 0.3) is 0 Å². The summed E-state index contributed by atoms with van der Waals surface area (Å²) in [5.41, 5.74) is 0.949. The summed E-state index contributed by atoms with van der Waals surface area (Å²) in [7, 11) is 1.66. The van der Waals surface area contributed by atoms with E-state index in [0.29, 0.717) is 6.61 Å². The molecule has 0 saturated carbocycles. The lowest BCUT2D eigenvalue weighted by Crippen LogP contribution is -2.38. The van der Waals surface area contributed by atoms with Crippen LogP contribution in [0.5, 0.6) is 0 Å². The third kappa shape index (κ3) is 2.89. The monoisotopic (exact) mass is 262 g/mol. The minimum Gasteiger partial charge on any atom is -0.370 e. The molecule has 0 aromatic heterocycles. The number of ether oxygens (including phenoxy) is 3. The number of hydrogen-bond acceptors (Lipinski definition) is 3. The first-order chi connectivity index (χ1) is 9.09. The normalized spacial score (nSPS) is 29.3. The second-order valence-corrected chi connectivity index (χ2v) is 5.44. The van der Waals surface area contributed by atoms with E-state index in [9.17, 15) is 0 Å². The number of hydrogen-bond donors (Lipinski definition) is 0. The molecule has 104 valence electrons. The van der Waals surface area contributed by atoms with Gasteiger partial charge in [0.05, 0.1) is 12.7 Å². The second kappa shape index (κ2) is 5.87. The first kappa shape index (κ1) is 14.3. The van der Waals surface area contributed by atoms with E-state index < -0.39 is 0 Å². The highest BCUT2D eigenvalue weighted by Crippen LogP contribution is 2.41. The van der Waals surface area contributed by atoms with Gasteiger partial charge in [-0.15, -0.1) is 6.58 Å². The van der Waals surface area contributed by atoms with Gasteiger partial charge >= 0.3 is 0 Å². The predicted octanol–water partition coefficient (Wildman–Crippen LogP) is 3.16. The molecule has 19 heavy (non-hydrogen) atoms. The van der Waals surface area contributed by atoms with Gasteiger partial charge in [-0.25, -0.2) is 0 Å². The Kier molecular flexibility index (Phi) is 4.40. The number of benzene rings is 1. The van der Waals surface area contributed by atoms with E-state index in [0.717, 1.165) is 5.56 Å². The second-order valence-electron chi connectivity index (χ2n) is 5.44. The summed E-state index contributed by atoms with van der Waals surface area (Å²) in [4.78, 5) is 0. The van der Waals surface area contributed by atoms with Gasteiger partial charge in [0.15, 0.2) is 6.29 Å². The molecular weight excluding hydrogens is 240 g/mol. The van der Waals surface area contributed by atoms with E-state index >= 15 is 0 Å². The molecule has 0 amide bonds. The lowest BCUT2D eigenvalue weighted by Gasteiger charge is -2.30. The van der Waals surface area contributed by atoms with Crippen LogP contribution in [0.25, 0.3) is 0 Å². The molecular formula is C16H22O3. The lowest BCUT2D eigenvalue weighted by molar-refractivity contribution is -0.145. The van der Waals surface area contributed by atoms with Crippen LogP contribution in [0.2, 0.25) is 0 Å². The van der Waals surface area contributed by atoms with E-state index in [1.54, 1.807) is 13.2 Å². The van der Waals surface area contributed by atoms with Crippen LogP contribution >= 0.6 is 0 Å². The van der Waals surface area contributed by atoms with Crippen LogP contribution in [0, 0.1) is 5.41 Å². The van der Waals surface area contributed by atoms with E-state index in [-0.39, 0.29) is 23.9 Å². The fourth-order valence-corrected chi connectivity index (χ4v) is 2.56. The highest BCUT2D eigenvalue weighted by Gasteiger charge is 2.50. The summed E-state index contributed by atoms with van der Waals surface area (Å²) in [5, 5.41) is 0. The zero-order valence-electron chi connectivity index (χ0n) is 11.8. The van der Waals surface area contributed by atoms with Crippen molar-refractivity contribution in [1.29, 1.82) is 0 Å². The van der Waals surface area contributed by atoms with Gasteiger partial charge in [0.1, 0.15) is 6.10 Å². The van der Waals surface area contributed by atoms with E-state index in [1.165, 1.54) is 0 Å². The Morgan fingerprint density at radius 2 is 2.00 bits per heavy atom. The standard InChI is InChI=1S/C16H22O3/c1-5-13-14(16(2,3)15(17-4)19-13)18-11-12-9-7-6-8-10-12/h5-10,13-15H,1,11H2,2-4H3/t13-,14+,15?/m1/s1. The third-order valence-electron chi connectivity index (χ3n) is 3.64. The maximum atomic E-state index is 6.06. The van der Waals surface area contributed by atoms with Gasteiger partial charge in [-0.3, -0.25) is 0 Å². The Labute approximate surface area is 115 Å². The van der Waals surface area contributed by atoms with Crippen LogP contribution in [0.1, 0.15) is 19.4 Å². The van der Waals surface area contributed by atoms with Crippen molar-refractivity contribution >= 4 is 0 Å². The molecule has 1 aliphatic heterocycles. The topological polar surface area (TPSA) is 27.7 Å². The highest BCUT2D eigenvalue weighted by molar-refractivity contribution is 5.14. The molecule has 3 nitrogen and oxygen atoms in total. The largest absolute Gasteiger partial charge is 0.370 e. The third-order valence-corrected chi connectivity index (χ3v) is 3.64. The molecule has 0 N–H and O–H groups in total. The first-order valence-corrected chi connectivity index (χ1v) is 6.56. The maximum Gasteiger partial charge on any atom is 0.165 e. The molecule has 1 aliphatic rings. The van der Waals surface area contributed by atoms with Crippen molar-refractivity contribution in [2.24, 2.45) is 5.41 Å². The predicted molar refractivity (Wildman–Crippen MR) is 74.7 cm³/mol. The van der Waals surface area contributed by atoms with Gasteiger partial charge in [0.2, 0.25) is 0 Å². The van der Waals surface area contributed by atoms with Crippen LogP contribution in [-0.4, -0.2) is 25.6 Å². The molecule has 1 aromatic carbocycles. The SMILES string of the molecule is C=C[C@H]1OC(OC)C(C)(C)[C@H]1OCc1ccccc1. The van der Waals surface area contributed by atoms with Gasteiger partial charge < -0.3 is 14.2 Å². The highest BCUT2D eigenvalue weighted by atomic mass is 16.7. The number of methoxy groups -OCH3 is 1. The van der Waals surface area contributed by atoms with Crippen LogP contribution in [0.15, 0.2) is 43.0 Å². The minimum atomic E-state index is -0.267. The maximum absolute atomic E-state index is 6.06. The molecule has 0 aliphatic carbocycles. The van der Waals surface area contributed by atoms with Gasteiger partial charge in [-0.2, -0.15) is 0 Å². The Morgan fingerprint density at radius 3 is 2.58 bits per heavy atom. The van der Waals surface area contributed by atoms with Crippen molar-refractivity contribution < 1.29 is 14.2 Å². The smallest absolute Gasteiger partial charge is 0.165 e. The van der Waals surface area contributed by atoms with Gasteiger partial charge in [-0.05, 0) is 5.56 Å². The fraction of sp³-hybridized carbons (Fsp3) is 0.500. The van der Waals surface area contributed by atoms with Crippen LogP contribution in [-0.2, 0) is 20.8 Å². The zero-order chi connectivity index (χ0) is 13.9. The van der Waals surface area contributed by atoms with Crippen molar-refractivity contribution in [3.8, 4) is 0 Å². The van der Waals surface area contributed by atoms with Gasteiger partial charge in [-0.1, -0.05) is 50.3 Å². The zero-order valence-corrected chi connectivity index (χ0v) is 11.8. The average Bonchev–Trinajstić information content (AvgIpc) is 2.67. The van der Waals surface area contributed by atoms with Crippen LogP contribution in [0.4, 0.5) is 0 Å². The Hall–Kier alpha value is -1.16. The molecule has 1 saturated heterocycles. The minimum absolute atomic E-state index is 0.0600. The van der Waals surface area contributed by atoms with Gasteiger partial charge in [0, 0.05) is 12.5 Å². The molecule has 0 bridgehead atoms. The van der Waals surface area contributed by atoms with Crippen molar-refractivity contribution in [3.63, 3.8) is 0 Å². The molecule has 3 atom stereocenters. The molecule has 0 spiro atoms. The Morgan fingerprint density at radius 1 is 1.32 bits per heavy atom.